The minimum atomic E-state index is -4.44. The molecule has 0 aliphatic heterocycles. The van der Waals surface area contributed by atoms with E-state index in [1.165, 1.54) is 25.3 Å². The van der Waals surface area contributed by atoms with Crippen LogP contribution in [0.15, 0.2) is 18.2 Å². The summed E-state index contributed by atoms with van der Waals surface area (Å²) in [5.74, 6) is -1.05. The average molecular weight is 264 g/mol. The highest BCUT2D eigenvalue weighted by molar-refractivity contribution is 5.70. The Balaban J connectivity index is 2.83. The number of carboxylic acids is 1. The molecule has 0 radical (unpaired) electrons. The van der Waals surface area contributed by atoms with Crippen LogP contribution in [0.3, 0.4) is 0 Å². The first-order chi connectivity index (χ1) is 8.31. The van der Waals surface area contributed by atoms with Gasteiger partial charge in [-0.15, -0.1) is 0 Å². The number of benzene rings is 1. The second kappa shape index (κ2) is 5.61. The van der Waals surface area contributed by atoms with Gasteiger partial charge in [-0.2, -0.15) is 13.2 Å². The summed E-state index contributed by atoms with van der Waals surface area (Å²) in [5.41, 5.74) is 0.415. The molecule has 0 atom stereocenters. The maximum Gasteiger partial charge on any atom is 0.422 e. The van der Waals surface area contributed by atoms with Gasteiger partial charge in [0, 0.05) is 0 Å². The second-order valence-electron chi connectivity index (χ2n) is 3.46. The maximum atomic E-state index is 12.0. The first-order valence-corrected chi connectivity index (χ1v) is 4.90. The predicted octanol–water partition coefficient (Wildman–Crippen LogP) is 2.26. The van der Waals surface area contributed by atoms with E-state index >= 15 is 0 Å². The number of aliphatic carboxylic acids is 1. The van der Waals surface area contributed by atoms with E-state index < -0.39 is 18.8 Å². The molecule has 0 fully saturated rings. The number of carboxylic acid groups (broad SMARTS) is 1. The number of ether oxygens (including phenoxy) is 2. The average Bonchev–Trinajstić information content (AvgIpc) is 2.25. The van der Waals surface area contributed by atoms with Crippen LogP contribution in [0, 0.1) is 0 Å². The molecular formula is C11H11F3O4. The Kier molecular flexibility index (Phi) is 4.41. The van der Waals surface area contributed by atoms with Gasteiger partial charge in [0.1, 0.15) is 0 Å². The molecule has 100 valence electrons. The van der Waals surface area contributed by atoms with Crippen molar-refractivity contribution in [1.82, 2.24) is 0 Å². The van der Waals surface area contributed by atoms with Crippen LogP contribution in [0.4, 0.5) is 13.2 Å². The lowest BCUT2D eigenvalue weighted by Crippen LogP contribution is -2.19. The quantitative estimate of drug-likeness (QED) is 0.886. The Bertz CT molecular complexity index is 429. The van der Waals surface area contributed by atoms with E-state index in [-0.39, 0.29) is 17.9 Å². The van der Waals surface area contributed by atoms with Crippen LogP contribution in [0.2, 0.25) is 0 Å². The van der Waals surface area contributed by atoms with E-state index in [9.17, 15) is 18.0 Å². The second-order valence-corrected chi connectivity index (χ2v) is 3.46. The Morgan fingerprint density at radius 2 is 2.00 bits per heavy atom. The molecule has 0 aliphatic rings. The zero-order chi connectivity index (χ0) is 13.8. The third-order valence-electron chi connectivity index (χ3n) is 1.97. The molecule has 1 N–H and O–H groups in total. The zero-order valence-corrected chi connectivity index (χ0v) is 9.45. The van der Waals surface area contributed by atoms with E-state index in [1.807, 2.05) is 0 Å². The SMILES string of the molecule is COc1cc(CC(=O)O)ccc1OCC(F)(F)F. The zero-order valence-electron chi connectivity index (χ0n) is 9.45. The number of hydrogen-bond donors (Lipinski definition) is 1. The minimum Gasteiger partial charge on any atom is -0.493 e. The van der Waals surface area contributed by atoms with Crippen LogP contribution in [-0.4, -0.2) is 31.0 Å². The van der Waals surface area contributed by atoms with Crippen molar-refractivity contribution in [2.24, 2.45) is 0 Å². The van der Waals surface area contributed by atoms with Gasteiger partial charge in [-0.3, -0.25) is 4.79 Å². The molecule has 0 aromatic heterocycles. The monoisotopic (exact) mass is 264 g/mol. The van der Waals surface area contributed by atoms with E-state index in [2.05, 4.69) is 4.74 Å². The molecule has 0 heterocycles. The minimum absolute atomic E-state index is 0.0676. The summed E-state index contributed by atoms with van der Waals surface area (Å²) in [5, 5.41) is 8.59. The molecule has 7 heteroatoms. The van der Waals surface area contributed by atoms with Gasteiger partial charge in [0.25, 0.3) is 0 Å². The Labute approximate surface area is 101 Å². The van der Waals surface area contributed by atoms with Gasteiger partial charge in [0.05, 0.1) is 13.5 Å². The predicted molar refractivity (Wildman–Crippen MR) is 55.9 cm³/mol. The summed E-state index contributed by atoms with van der Waals surface area (Å²) in [7, 11) is 1.26. The van der Waals surface area contributed by atoms with E-state index in [4.69, 9.17) is 9.84 Å². The van der Waals surface area contributed by atoms with Gasteiger partial charge in [0.15, 0.2) is 18.1 Å². The Hall–Kier alpha value is -1.92. The largest absolute Gasteiger partial charge is 0.493 e. The van der Waals surface area contributed by atoms with Crippen molar-refractivity contribution in [2.75, 3.05) is 13.7 Å². The highest BCUT2D eigenvalue weighted by Crippen LogP contribution is 2.29. The van der Waals surface area contributed by atoms with Gasteiger partial charge in [-0.1, -0.05) is 6.07 Å². The van der Waals surface area contributed by atoms with Crippen LogP contribution in [-0.2, 0) is 11.2 Å². The number of methoxy groups -OCH3 is 1. The fraction of sp³-hybridized carbons (Fsp3) is 0.364. The van der Waals surface area contributed by atoms with Crippen LogP contribution >= 0.6 is 0 Å². The van der Waals surface area contributed by atoms with Crippen LogP contribution in [0.25, 0.3) is 0 Å². The third-order valence-corrected chi connectivity index (χ3v) is 1.97. The van der Waals surface area contributed by atoms with Crippen LogP contribution in [0.5, 0.6) is 11.5 Å². The van der Waals surface area contributed by atoms with Crippen molar-refractivity contribution < 1.29 is 32.5 Å². The topological polar surface area (TPSA) is 55.8 Å². The van der Waals surface area contributed by atoms with Crippen molar-refractivity contribution in [1.29, 1.82) is 0 Å². The molecule has 1 rings (SSSR count). The molecule has 0 saturated heterocycles. The summed E-state index contributed by atoms with van der Waals surface area (Å²) in [6.07, 6.45) is -4.68. The highest BCUT2D eigenvalue weighted by atomic mass is 19.4. The fourth-order valence-electron chi connectivity index (χ4n) is 1.28. The molecule has 1 aromatic carbocycles. The van der Waals surface area contributed by atoms with Crippen molar-refractivity contribution in [3.63, 3.8) is 0 Å². The Morgan fingerprint density at radius 3 is 2.50 bits per heavy atom. The van der Waals surface area contributed by atoms with E-state index in [0.29, 0.717) is 5.56 Å². The summed E-state index contributed by atoms with van der Waals surface area (Å²) in [6.45, 7) is -1.43. The van der Waals surface area contributed by atoms with Gasteiger partial charge in [0.2, 0.25) is 0 Å². The summed E-state index contributed by atoms with van der Waals surface area (Å²) in [4.78, 5) is 10.5. The smallest absolute Gasteiger partial charge is 0.422 e. The number of halogens is 3. The normalized spacial score (nSPS) is 11.1. The van der Waals surface area contributed by atoms with E-state index in [0.717, 1.165) is 0 Å². The van der Waals surface area contributed by atoms with Crippen molar-refractivity contribution in [3.8, 4) is 11.5 Å². The van der Waals surface area contributed by atoms with E-state index in [1.54, 1.807) is 0 Å². The van der Waals surface area contributed by atoms with Crippen molar-refractivity contribution in [3.05, 3.63) is 23.8 Å². The first-order valence-electron chi connectivity index (χ1n) is 4.90. The Morgan fingerprint density at radius 1 is 1.33 bits per heavy atom. The molecule has 0 spiro atoms. The lowest BCUT2D eigenvalue weighted by molar-refractivity contribution is -0.153. The van der Waals surface area contributed by atoms with Gasteiger partial charge >= 0.3 is 12.1 Å². The third kappa shape index (κ3) is 4.52. The van der Waals surface area contributed by atoms with Crippen LogP contribution in [0.1, 0.15) is 5.56 Å². The highest BCUT2D eigenvalue weighted by Gasteiger charge is 2.29. The molecule has 4 nitrogen and oxygen atoms in total. The summed E-state index contributed by atoms with van der Waals surface area (Å²) < 4.78 is 45.4. The van der Waals surface area contributed by atoms with Crippen molar-refractivity contribution >= 4 is 5.97 Å². The molecule has 1 aromatic rings. The van der Waals surface area contributed by atoms with Gasteiger partial charge in [-0.05, 0) is 17.7 Å². The molecule has 0 bridgehead atoms. The fourth-order valence-corrected chi connectivity index (χ4v) is 1.28. The van der Waals surface area contributed by atoms with Crippen molar-refractivity contribution in [2.45, 2.75) is 12.6 Å². The lowest BCUT2D eigenvalue weighted by Gasteiger charge is -2.13. The number of alkyl halides is 3. The molecule has 0 amide bonds. The van der Waals surface area contributed by atoms with Gasteiger partial charge in [-0.25, -0.2) is 0 Å². The number of carbonyl (C=O) groups is 1. The summed E-state index contributed by atoms with van der Waals surface area (Å²) >= 11 is 0. The molecular weight excluding hydrogens is 253 g/mol. The number of hydrogen-bond acceptors (Lipinski definition) is 3. The number of rotatable bonds is 5. The standard InChI is InChI=1S/C11H11F3O4/c1-17-9-4-7(5-10(15)16)2-3-8(9)18-6-11(12,13)14/h2-4H,5-6H2,1H3,(H,15,16). The van der Waals surface area contributed by atoms with Gasteiger partial charge < -0.3 is 14.6 Å². The molecule has 0 aliphatic carbocycles. The molecule has 0 saturated carbocycles. The molecule has 0 unspecified atom stereocenters. The lowest BCUT2D eigenvalue weighted by atomic mass is 10.1. The summed E-state index contributed by atoms with van der Waals surface area (Å²) in [6, 6.07) is 3.96. The maximum absolute atomic E-state index is 12.0. The van der Waals surface area contributed by atoms with Crippen LogP contribution < -0.4 is 9.47 Å². The first kappa shape index (κ1) is 14.1. The molecule has 18 heavy (non-hydrogen) atoms.